The minimum atomic E-state index is -0.205. The summed E-state index contributed by atoms with van der Waals surface area (Å²) in [5.41, 5.74) is 3.01. The van der Waals surface area contributed by atoms with Gasteiger partial charge in [0.05, 0.1) is 12.7 Å². The minimum Gasteiger partial charge on any atom is -0.497 e. The molecule has 0 amide bonds. The summed E-state index contributed by atoms with van der Waals surface area (Å²) < 4.78 is 11.3. The molecule has 4 aliphatic carbocycles. The van der Waals surface area contributed by atoms with Crippen LogP contribution in [0.3, 0.4) is 0 Å². The molecule has 1 aromatic rings. The fourth-order valence-electron chi connectivity index (χ4n) is 9.70. The number of methoxy groups -OCH3 is 1. The Morgan fingerprint density at radius 1 is 0.974 bits per heavy atom. The Morgan fingerprint density at radius 2 is 1.74 bits per heavy atom. The minimum absolute atomic E-state index is 0.00289. The second-order valence-corrected chi connectivity index (χ2v) is 14.3. The molecule has 210 valence electrons. The van der Waals surface area contributed by atoms with Gasteiger partial charge in [0.15, 0.2) is 0 Å². The number of hydrogen-bond acceptors (Lipinski definition) is 3. The van der Waals surface area contributed by atoms with Gasteiger partial charge >= 0.3 is 5.97 Å². The first kappa shape index (κ1) is 27.8. The van der Waals surface area contributed by atoms with E-state index < -0.39 is 0 Å². The number of ether oxygens (including phenoxy) is 2. The highest BCUT2D eigenvalue weighted by molar-refractivity contribution is 5.89. The number of hydrogen-bond donors (Lipinski definition) is 0. The van der Waals surface area contributed by atoms with Crippen molar-refractivity contribution in [2.24, 2.45) is 46.3 Å². The molecule has 38 heavy (non-hydrogen) atoms. The van der Waals surface area contributed by atoms with Crippen LogP contribution in [0.1, 0.15) is 116 Å². The van der Waals surface area contributed by atoms with Crippen molar-refractivity contribution in [3.63, 3.8) is 0 Å². The lowest BCUT2D eigenvalue weighted by molar-refractivity contribution is -0.0594. The van der Waals surface area contributed by atoms with Gasteiger partial charge in [-0.05, 0) is 116 Å². The molecule has 3 fully saturated rings. The zero-order chi connectivity index (χ0) is 27.1. The average molecular weight is 521 g/mol. The van der Waals surface area contributed by atoms with Crippen molar-refractivity contribution in [2.75, 3.05) is 7.11 Å². The van der Waals surface area contributed by atoms with E-state index in [1.807, 2.05) is 12.1 Å². The maximum Gasteiger partial charge on any atom is 0.338 e. The molecule has 0 saturated heterocycles. The van der Waals surface area contributed by atoms with Gasteiger partial charge < -0.3 is 9.47 Å². The molecule has 0 spiro atoms. The van der Waals surface area contributed by atoms with Gasteiger partial charge in [-0.15, -0.1) is 0 Å². The van der Waals surface area contributed by atoms with E-state index in [0.29, 0.717) is 11.0 Å². The summed E-state index contributed by atoms with van der Waals surface area (Å²) in [4.78, 5) is 12.8. The molecule has 0 heterocycles. The van der Waals surface area contributed by atoms with E-state index in [1.165, 1.54) is 51.4 Å². The predicted octanol–water partition coefficient (Wildman–Crippen LogP) is 9.26. The summed E-state index contributed by atoms with van der Waals surface area (Å²) in [5, 5.41) is 0. The van der Waals surface area contributed by atoms with Crippen LogP contribution in [0.15, 0.2) is 35.9 Å². The average Bonchev–Trinajstić information content (AvgIpc) is 3.26. The molecule has 0 N–H and O–H groups in total. The molecule has 6 unspecified atom stereocenters. The van der Waals surface area contributed by atoms with Gasteiger partial charge in [0.1, 0.15) is 11.9 Å². The number of allylic oxidation sites excluding steroid dienone is 1. The van der Waals surface area contributed by atoms with E-state index in [1.54, 1.807) is 24.8 Å². The Kier molecular flexibility index (Phi) is 8.05. The summed E-state index contributed by atoms with van der Waals surface area (Å²) in [6, 6.07) is 7.26. The molecule has 5 rings (SSSR count). The quantitative estimate of drug-likeness (QED) is 0.253. The number of fused-ring (bicyclic) bond motifs is 5. The third-order valence-corrected chi connectivity index (χ3v) is 11.9. The molecule has 3 heteroatoms. The Bertz CT molecular complexity index is 1010. The van der Waals surface area contributed by atoms with E-state index >= 15 is 0 Å². The molecule has 0 radical (unpaired) electrons. The Balaban J connectivity index is 1.24. The number of carbonyl (C=O) groups excluding carboxylic acids is 1. The molecule has 0 aromatic heterocycles. The normalized spacial score (nSPS) is 37.0. The summed E-state index contributed by atoms with van der Waals surface area (Å²) in [7, 11) is 1.64. The van der Waals surface area contributed by atoms with Crippen molar-refractivity contribution in [2.45, 2.75) is 111 Å². The summed E-state index contributed by atoms with van der Waals surface area (Å²) in [6.07, 6.45) is 16.8. The van der Waals surface area contributed by atoms with Crippen LogP contribution in [0.2, 0.25) is 0 Å². The van der Waals surface area contributed by atoms with Gasteiger partial charge in [-0.25, -0.2) is 4.79 Å². The highest BCUT2D eigenvalue weighted by Gasteiger charge is 2.59. The lowest BCUT2D eigenvalue weighted by atomic mass is 9.47. The van der Waals surface area contributed by atoms with E-state index in [-0.39, 0.29) is 17.5 Å². The number of carbonyl (C=O) groups is 1. The van der Waals surface area contributed by atoms with Crippen molar-refractivity contribution >= 4 is 5.97 Å². The topological polar surface area (TPSA) is 35.5 Å². The van der Waals surface area contributed by atoms with Gasteiger partial charge in [0.25, 0.3) is 0 Å². The van der Waals surface area contributed by atoms with Crippen LogP contribution in [0, 0.1) is 46.3 Å². The van der Waals surface area contributed by atoms with Crippen LogP contribution in [0.25, 0.3) is 0 Å². The Morgan fingerprint density at radius 3 is 2.45 bits per heavy atom. The number of rotatable bonds is 8. The molecule has 3 nitrogen and oxygen atoms in total. The molecular weight excluding hydrogens is 468 g/mol. The van der Waals surface area contributed by atoms with E-state index in [9.17, 15) is 4.79 Å². The molecule has 8 atom stereocenters. The lowest BCUT2D eigenvalue weighted by Gasteiger charge is -2.58. The molecule has 0 aliphatic heterocycles. The van der Waals surface area contributed by atoms with Gasteiger partial charge in [0, 0.05) is 6.42 Å². The molecule has 4 aliphatic rings. The van der Waals surface area contributed by atoms with Crippen molar-refractivity contribution < 1.29 is 14.3 Å². The second-order valence-electron chi connectivity index (χ2n) is 14.3. The van der Waals surface area contributed by atoms with Gasteiger partial charge in [-0.3, -0.25) is 0 Å². The Hall–Kier alpha value is -1.77. The van der Waals surface area contributed by atoms with Gasteiger partial charge in [-0.2, -0.15) is 0 Å². The first-order valence-corrected chi connectivity index (χ1v) is 15.7. The predicted molar refractivity (Wildman–Crippen MR) is 155 cm³/mol. The van der Waals surface area contributed by atoms with Crippen LogP contribution in [-0.4, -0.2) is 19.2 Å². The summed E-state index contributed by atoms with van der Waals surface area (Å²) >= 11 is 0. The van der Waals surface area contributed by atoms with E-state index in [0.717, 1.165) is 60.5 Å². The highest BCUT2D eigenvalue weighted by atomic mass is 16.5. The fraction of sp³-hybridized carbons (Fsp3) is 0.743. The standard InChI is InChI=1S/C35H52O3/c1-23(2)8-7-9-24(3)30-16-17-31-29-15-12-26-22-28(38-33(36)25-10-13-27(37-6)14-11-25)18-20-34(26,4)32(29)19-21-35(30,31)5/h10-14,23-24,28-32H,7-9,15-22H2,1-6H3/t24?,28?,29?,30?,31?,32?,34-,35+/m0/s1. The molecule has 1 aromatic carbocycles. The van der Waals surface area contributed by atoms with E-state index in [2.05, 4.69) is 40.7 Å². The van der Waals surface area contributed by atoms with E-state index in [4.69, 9.17) is 9.47 Å². The molecular formula is C35H52O3. The van der Waals surface area contributed by atoms with Gasteiger partial charge in [-0.1, -0.05) is 65.5 Å². The fourth-order valence-corrected chi connectivity index (χ4v) is 9.70. The third kappa shape index (κ3) is 5.08. The van der Waals surface area contributed by atoms with Crippen LogP contribution in [-0.2, 0) is 4.74 Å². The first-order chi connectivity index (χ1) is 18.2. The first-order valence-electron chi connectivity index (χ1n) is 15.7. The Labute approximate surface area is 232 Å². The van der Waals surface area contributed by atoms with Crippen LogP contribution in [0.4, 0.5) is 0 Å². The van der Waals surface area contributed by atoms with Crippen molar-refractivity contribution in [1.29, 1.82) is 0 Å². The van der Waals surface area contributed by atoms with Crippen LogP contribution < -0.4 is 4.74 Å². The third-order valence-electron chi connectivity index (χ3n) is 11.9. The number of esters is 1. The van der Waals surface area contributed by atoms with Crippen molar-refractivity contribution in [3.05, 3.63) is 41.5 Å². The zero-order valence-electron chi connectivity index (χ0n) is 24.9. The number of benzene rings is 1. The summed E-state index contributed by atoms with van der Waals surface area (Å²) in [5.74, 6) is 5.68. The molecule has 3 saturated carbocycles. The summed E-state index contributed by atoms with van der Waals surface area (Å²) in [6.45, 7) is 12.5. The maximum atomic E-state index is 12.8. The SMILES string of the molecule is COc1ccc(C(=O)OC2CC[C@@]3(C)C(=CCC4C5CCC(C(C)CCCC(C)C)[C@@]5(C)CCC43)C2)cc1. The van der Waals surface area contributed by atoms with Crippen LogP contribution in [0.5, 0.6) is 5.75 Å². The second kappa shape index (κ2) is 11.0. The monoisotopic (exact) mass is 520 g/mol. The zero-order valence-corrected chi connectivity index (χ0v) is 24.9. The van der Waals surface area contributed by atoms with Crippen LogP contribution >= 0.6 is 0 Å². The lowest BCUT2D eigenvalue weighted by Crippen LogP contribution is -2.51. The van der Waals surface area contributed by atoms with Crippen molar-refractivity contribution in [1.82, 2.24) is 0 Å². The molecule has 0 bridgehead atoms. The van der Waals surface area contributed by atoms with Gasteiger partial charge in [0.2, 0.25) is 0 Å². The smallest absolute Gasteiger partial charge is 0.338 e. The highest BCUT2D eigenvalue weighted by Crippen LogP contribution is 2.67. The van der Waals surface area contributed by atoms with Crippen molar-refractivity contribution in [3.8, 4) is 5.75 Å². The largest absolute Gasteiger partial charge is 0.497 e. The maximum absolute atomic E-state index is 12.8.